The quantitative estimate of drug-likeness (QED) is 0.484. The first-order chi connectivity index (χ1) is 4.47. The van der Waals surface area contributed by atoms with Gasteiger partial charge < -0.3 is 10.6 Å². The summed E-state index contributed by atoms with van der Waals surface area (Å²) in [7, 11) is 0. The van der Waals surface area contributed by atoms with Gasteiger partial charge in [-0.1, -0.05) is 0 Å². The molecule has 9 heavy (non-hydrogen) atoms. The third-order valence-electron chi connectivity index (χ3n) is 1.80. The van der Waals surface area contributed by atoms with E-state index < -0.39 is 0 Å². The van der Waals surface area contributed by atoms with Crippen LogP contribution in [0.1, 0.15) is 6.42 Å². The van der Waals surface area contributed by atoms with Gasteiger partial charge in [-0.2, -0.15) is 0 Å². The molecule has 2 heterocycles. The molecule has 0 saturated heterocycles. The molecule has 0 aromatic rings. The van der Waals surface area contributed by atoms with Gasteiger partial charge in [0.2, 0.25) is 0 Å². The van der Waals surface area contributed by atoms with Gasteiger partial charge in [-0.05, 0) is 24.3 Å². The Labute approximate surface area is 54.6 Å². The maximum atomic E-state index is 3.32. The zero-order valence-electron chi connectivity index (χ0n) is 5.28. The molecule has 2 heteroatoms. The average Bonchev–Trinajstić information content (AvgIpc) is 2.33. The molecular formula is C7H10N2. The third-order valence-corrected chi connectivity index (χ3v) is 1.80. The van der Waals surface area contributed by atoms with Crippen molar-refractivity contribution in [1.29, 1.82) is 0 Å². The topological polar surface area (TPSA) is 24.1 Å². The predicted octanol–water partition coefficient (Wildman–Crippen LogP) is 0.351. The smallest absolute Gasteiger partial charge is 0.0545 e. The number of dihydropyridines is 1. The molecule has 0 spiro atoms. The van der Waals surface area contributed by atoms with Crippen LogP contribution in [0.15, 0.2) is 23.5 Å². The molecule has 0 aromatic heterocycles. The second kappa shape index (κ2) is 1.79. The Morgan fingerprint density at radius 3 is 3.33 bits per heavy atom. The van der Waals surface area contributed by atoms with Crippen LogP contribution in [0, 0.1) is 0 Å². The van der Waals surface area contributed by atoms with Gasteiger partial charge in [0.25, 0.3) is 0 Å². The van der Waals surface area contributed by atoms with Crippen molar-refractivity contribution in [2.45, 2.75) is 6.42 Å². The summed E-state index contributed by atoms with van der Waals surface area (Å²) in [6, 6.07) is 0. The molecule has 0 aromatic carbocycles. The van der Waals surface area contributed by atoms with Gasteiger partial charge in [-0.15, -0.1) is 0 Å². The van der Waals surface area contributed by atoms with Crippen molar-refractivity contribution in [2.75, 3.05) is 13.1 Å². The van der Waals surface area contributed by atoms with E-state index in [0.29, 0.717) is 0 Å². The lowest BCUT2D eigenvalue weighted by molar-refractivity contribution is 0.809. The van der Waals surface area contributed by atoms with E-state index in [1.54, 1.807) is 0 Å². The van der Waals surface area contributed by atoms with E-state index in [1.165, 1.54) is 17.7 Å². The summed E-state index contributed by atoms with van der Waals surface area (Å²) >= 11 is 0. The van der Waals surface area contributed by atoms with E-state index in [-0.39, 0.29) is 0 Å². The van der Waals surface area contributed by atoms with Gasteiger partial charge >= 0.3 is 0 Å². The summed E-state index contributed by atoms with van der Waals surface area (Å²) in [5.74, 6) is 0. The van der Waals surface area contributed by atoms with Crippen molar-refractivity contribution in [3.8, 4) is 0 Å². The third kappa shape index (κ3) is 0.707. The second-order valence-electron chi connectivity index (χ2n) is 2.39. The minimum Gasteiger partial charge on any atom is -0.386 e. The lowest BCUT2D eigenvalue weighted by atomic mass is 10.1. The summed E-state index contributed by atoms with van der Waals surface area (Å²) in [5, 5.41) is 6.48. The molecule has 0 atom stereocenters. The zero-order chi connectivity index (χ0) is 6.10. The van der Waals surface area contributed by atoms with E-state index >= 15 is 0 Å². The van der Waals surface area contributed by atoms with E-state index in [0.717, 1.165) is 13.1 Å². The van der Waals surface area contributed by atoms with Crippen LogP contribution < -0.4 is 10.6 Å². The van der Waals surface area contributed by atoms with Gasteiger partial charge in [0, 0.05) is 12.2 Å². The molecule has 0 fully saturated rings. The molecule has 2 rings (SSSR count). The Hall–Kier alpha value is -0.920. The zero-order valence-corrected chi connectivity index (χ0v) is 5.28. The van der Waals surface area contributed by atoms with Crippen LogP contribution in [0.4, 0.5) is 0 Å². The lowest BCUT2D eigenvalue weighted by Crippen LogP contribution is -2.20. The largest absolute Gasteiger partial charge is 0.386 e. The molecule has 0 radical (unpaired) electrons. The maximum Gasteiger partial charge on any atom is 0.0545 e. The second-order valence-corrected chi connectivity index (χ2v) is 2.39. The summed E-state index contributed by atoms with van der Waals surface area (Å²) in [6.07, 6.45) is 5.37. The van der Waals surface area contributed by atoms with Crippen LogP contribution in [-0.4, -0.2) is 13.1 Å². The first-order valence-corrected chi connectivity index (χ1v) is 3.32. The van der Waals surface area contributed by atoms with Crippen LogP contribution in [0.25, 0.3) is 0 Å². The molecule has 0 amide bonds. The average molecular weight is 122 g/mol. The monoisotopic (exact) mass is 122 g/mol. The Morgan fingerprint density at radius 1 is 1.44 bits per heavy atom. The fourth-order valence-electron chi connectivity index (χ4n) is 1.29. The van der Waals surface area contributed by atoms with E-state index in [9.17, 15) is 0 Å². The highest BCUT2D eigenvalue weighted by molar-refractivity contribution is 5.32. The maximum absolute atomic E-state index is 3.32. The standard InChI is InChI=1S/C7H10N2/c1-3-8-5-7-6(1)2-4-9-7/h1,3,8-9H,2,4-5H2. The Kier molecular flexibility index (Phi) is 0.979. The van der Waals surface area contributed by atoms with Crippen LogP contribution in [-0.2, 0) is 0 Å². The fraction of sp³-hybridized carbons (Fsp3) is 0.429. The van der Waals surface area contributed by atoms with Crippen LogP contribution in [0.2, 0.25) is 0 Å². The van der Waals surface area contributed by atoms with Crippen LogP contribution in [0.5, 0.6) is 0 Å². The molecular weight excluding hydrogens is 112 g/mol. The van der Waals surface area contributed by atoms with Gasteiger partial charge in [-0.3, -0.25) is 0 Å². The number of hydrogen-bond acceptors (Lipinski definition) is 2. The highest BCUT2D eigenvalue weighted by Gasteiger charge is 2.12. The van der Waals surface area contributed by atoms with Gasteiger partial charge in [0.05, 0.1) is 6.54 Å². The highest BCUT2D eigenvalue weighted by atomic mass is 15.0. The van der Waals surface area contributed by atoms with Gasteiger partial charge in [0.15, 0.2) is 0 Å². The van der Waals surface area contributed by atoms with Crippen molar-refractivity contribution < 1.29 is 0 Å². The van der Waals surface area contributed by atoms with Gasteiger partial charge in [-0.25, -0.2) is 0 Å². The number of nitrogens with one attached hydrogen (secondary N) is 2. The Morgan fingerprint density at radius 2 is 2.44 bits per heavy atom. The first-order valence-electron chi connectivity index (χ1n) is 3.32. The molecule has 0 unspecified atom stereocenters. The Balaban J connectivity index is 2.28. The molecule has 48 valence electrons. The summed E-state index contributed by atoms with van der Waals surface area (Å²) in [6.45, 7) is 2.11. The van der Waals surface area contributed by atoms with E-state index in [2.05, 4.69) is 16.7 Å². The van der Waals surface area contributed by atoms with Crippen molar-refractivity contribution in [2.24, 2.45) is 0 Å². The fourth-order valence-corrected chi connectivity index (χ4v) is 1.29. The molecule has 2 aliphatic heterocycles. The van der Waals surface area contributed by atoms with Crippen molar-refractivity contribution in [3.63, 3.8) is 0 Å². The van der Waals surface area contributed by atoms with Crippen molar-refractivity contribution >= 4 is 0 Å². The van der Waals surface area contributed by atoms with Crippen LogP contribution in [0.3, 0.4) is 0 Å². The summed E-state index contributed by atoms with van der Waals surface area (Å²) < 4.78 is 0. The summed E-state index contributed by atoms with van der Waals surface area (Å²) in [5.41, 5.74) is 2.87. The molecule has 0 bridgehead atoms. The molecule has 0 aliphatic carbocycles. The summed E-state index contributed by atoms with van der Waals surface area (Å²) in [4.78, 5) is 0. The lowest BCUT2D eigenvalue weighted by Gasteiger charge is -2.09. The van der Waals surface area contributed by atoms with E-state index in [1.807, 2.05) is 6.20 Å². The normalized spacial score (nSPS) is 23.1. The number of hydrogen-bond donors (Lipinski definition) is 2. The first kappa shape index (κ1) is 4.91. The molecule has 2 nitrogen and oxygen atoms in total. The van der Waals surface area contributed by atoms with Crippen molar-refractivity contribution in [1.82, 2.24) is 10.6 Å². The van der Waals surface area contributed by atoms with Crippen LogP contribution >= 0.6 is 0 Å². The van der Waals surface area contributed by atoms with E-state index in [4.69, 9.17) is 0 Å². The Bertz CT molecular complexity index is 179. The highest BCUT2D eigenvalue weighted by Crippen LogP contribution is 2.15. The SMILES string of the molecule is C1=CC2=C(CN1)NCC2. The minimum atomic E-state index is 0.992. The molecule has 0 saturated carbocycles. The predicted molar refractivity (Wildman–Crippen MR) is 36.8 cm³/mol. The number of allylic oxidation sites excluding steroid dienone is 1. The minimum absolute atomic E-state index is 0.992. The van der Waals surface area contributed by atoms with Gasteiger partial charge in [0.1, 0.15) is 0 Å². The number of rotatable bonds is 0. The molecule has 2 aliphatic rings. The van der Waals surface area contributed by atoms with Crippen molar-refractivity contribution in [3.05, 3.63) is 23.5 Å². The molecule has 2 N–H and O–H groups in total.